The van der Waals surface area contributed by atoms with Crippen molar-refractivity contribution < 1.29 is 9.90 Å². The molecule has 1 N–H and O–H groups in total. The first-order valence-corrected chi connectivity index (χ1v) is 4.70. The number of nitrogens with zero attached hydrogens (tertiary/aromatic N) is 1. The highest BCUT2D eigenvalue weighted by molar-refractivity contribution is 6.27. The minimum atomic E-state index is -0.0694. The van der Waals surface area contributed by atoms with Gasteiger partial charge in [0.05, 0.1) is 12.6 Å². The van der Waals surface area contributed by atoms with Crippen LogP contribution in [0.5, 0.6) is 0 Å². The lowest BCUT2D eigenvalue weighted by atomic mass is 10.0. The Labute approximate surface area is 77.3 Å². The molecule has 0 aromatic carbocycles. The number of halogens is 1. The van der Waals surface area contributed by atoms with Gasteiger partial charge in [0.1, 0.15) is 5.88 Å². The zero-order valence-corrected chi connectivity index (χ0v) is 7.92. The lowest BCUT2D eigenvalue weighted by Gasteiger charge is -2.24. The first kappa shape index (κ1) is 9.81. The van der Waals surface area contributed by atoms with Gasteiger partial charge in [0.25, 0.3) is 0 Å². The summed E-state index contributed by atoms with van der Waals surface area (Å²) in [7, 11) is 0. The van der Waals surface area contributed by atoms with Crippen LogP contribution in [0, 0.1) is 5.92 Å². The first-order chi connectivity index (χ1) is 5.70. The van der Waals surface area contributed by atoms with E-state index >= 15 is 0 Å². The molecule has 0 aliphatic carbocycles. The van der Waals surface area contributed by atoms with E-state index in [9.17, 15) is 4.79 Å². The van der Waals surface area contributed by atoms with E-state index in [1.54, 1.807) is 4.90 Å². The maximum absolute atomic E-state index is 11.2. The lowest BCUT2D eigenvalue weighted by Crippen LogP contribution is -2.40. The summed E-state index contributed by atoms with van der Waals surface area (Å²) >= 11 is 5.43. The van der Waals surface area contributed by atoms with E-state index in [2.05, 4.69) is 0 Å². The molecule has 12 heavy (non-hydrogen) atoms. The number of amides is 1. The van der Waals surface area contributed by atoms with Crippen LogP contribution in [-0.4, -0.2) is 41.0 Å². The molecule has 1 fully saturated rings. The lowest BCUT2D eigenvalue weighted by molar-refractivity contribution is -0.130. The average molecular weight is 192 g/mol. The number of carbonyl (C=O) groups excluding carboxylic acids is 1. The van der Waals surface area contributed by atoms with E-state index in [4.69, 9.17) is 16.7 Å². The van der Waals surface area contributed by atoms with Gasteiger partial charge in [0.15, 0.2) is 0 Å². The summed E-state index contributed by atoms with van der Waals surface area (Å²) in [5.41, 5.74) is 0. The third-order valence-corrected chi connectivity index (χ3v) is 2.73. The second kappa shape index (κ2) is 4.10. The van der Waals surface area contributed by atoms with Crippen LogP contribution in [0.15, 0.2) is 0 Å². The first-order valence-electron chi connectivity index (χ1n) is 4.17. The van der Waals surface area contributed by atoms with Gasteiger partial charge in [-0.1, -0.05) is 6.92 Å². The van der Waals surface area contributed by atoms with Gasteiger partial charge < -0.3 is 10.0 Å². The molecule has 0 saturated carbocycles. The summed E-state index contributed by atoms with van der Waals surface area (Å²) in [6.45, 7) is 2.82. The fourth-order valence-electron chi connectivity index (χ4n) is 1.67. The number of carbonyl (C=O) groups is 1. The SMILES string of the molecule is CC1CCN(C(=O)CCl)C1CO. The number of hydrogen-bond acceptors (Lipinski definition) is 2. The number of rotatable bonds is 2. The van der Waals surface area contributed by atoms with Crippen molar-refractivity contribution in [3.05, 3.63) is 0 Å². The molecule has 1 saturated heterocycles. The van der Waals surface area contributed by atoms with E-state index in [-0.39, 0.29) is 24.4 Å². The van der Waals surface area contributed by atoms with Crippen molar-refractivity contribution in [3.63, 3.8) is 0 Å². The van der Waals surface area contributed by atoms with Crippen LogP contribution in [0.25, 0.3) is 0 Å². The van der Waals surface area contributed by atoms with Gasteiger partial charge in [-0.15, -0.1) is 11.6 Å². The number of aliphatic hydroxyl groups is 1. The molecule has 1 amide bonds. The van der Waals surface area contributed by atoms with Gasteiger partial charge in [-0.3, -0.25) is 4.79 Å². The highest BCUT2D eigenvalue weighted by Crippen LogP contribution is 2.23. The normalized spacial score (nSPS) is 29.4. The van der Waals surface area contributed by atoms with Gasteiger partial charge >= 0.3 is 0 Å². The van der Waals surface area contributed by atoms with Crippen molar-refractivity contribution in [1.29, 1.82) is 0 Å². The van der Waals surface area contributed by atoms with E-state index in [1.807, 2.05) is 6.92 Å². The molecule has 0 aromatic rings. The molecule has 70 valence electrons. The van der Waals surface area contributed by atoms with Crippen LogP contribution >= 0.6 is 11.6 Å². The molecule has 0 radical (unpaired) electrons. The molecule has 3 nitrogen and oxygen atoms in total. The van der Waals surface area contributed by atoms with E-state index in [1.165, 1.54) is 0 Å². The van der Waals surface area contributed by atoms with Gasteiger partial charge in [0, 0.05) is 6.54 Å². The van der Waals surface area contributed by atoms with E-state index in [0.29, 0.717) is 5.92 Å². The van der Waals surface area contributed by atoms with E-state index < -0.39 is 0 Å². The van der Waals surface area contributed by atoms with Crippen LogP contribution in [0.3, 0.4) is 0 Å². The zero-order chi connectivity index (χ0) is 9.14. The molecule has 0 aromatic heterocycles. The summed E-state index contributed by atoms with van der Waals surface area (Å²) in [5, 5.41) is 9.01. The summed E-state index contributed by atoms with van der Waals surface area (Å²) in [6, 6.07) is -0.0174. The fraction of sp³-hybridized carbons (Fsp3) is 0.875. The smallest absolute Gasteiger partial charge is 0.237 e. The summed E-state index contributed by atoms with van der Waals surface area (Å²) in [6.07, 6.45) is 0.966. The van der Waals surface area contributed by atoms with Crippen molar-refractivity contribution in [2.24, 2.45) is 5.92 Å². The Hall–Kier alpha value is -0.280. The van der Waals surface area contributed by atoms with Crippen molar-refractivity contribution in [2.75, 3.05) is 19.0 Å². The molecular weight excluding hydrogens is 178 g/mol. The Morgan fingerprint density at radius 1 is 1.75 bits per heavy atom. The zero-order valence-electron chi connectivity index (χ0n) is 7.16. The Morgan fingerprint density at radius 2 is 2.42 bits per heavy atom. The molecule has 1 rings (SSSR count). The molecule has 1 heterocycles. The summed E-state index contributed by atoms with van der Waals surface area (Å²) < 4.78 is 0. The Kier molecular flexibility index (Phi) is 3.35. The monoisotopic (exact) mass is 191 g/mol. The number of alkyl halides is 1. The molecule has 2 unspecified atom stereocenters. The Balaban J connectivity index is 2.60. The second-order valence-electron chi connectivity index (χ2n) is 3.24. The minimum absolute atomic E-state index is 0.0171. The maximum Gasteiger partial charge on any atom is 0.237 e. The van der Waals surface area contributed by atoms with Crippen LogP contribution < -0.4 is 0 Å². The molecule has 1 aliphatic rings. The van der Waals surface area contributed by atoms with Gasteiger partial charge in [-0.05, 0) is 12.3 Å². The van der Waals surface area contributed by atoms with Gasteiger partial charge in [-0.25, -0.2) is 0 Å². The second-order valence-corrected chi connectivity index (χ2v) is 3.50. The third kappa shape index (κ3) is 1.72. The van der Waals surface area contributed by atoms with Crippen molar-refractivity contribution in [1.82, 2.24) is 4.90 Å². The molecule has 1 aliphatic heterocycles. The van der Waals surface area contributed by atoms with Crippen LogP contribution in [0.1, 0.15) is 13.3 Å². The van der Waals surface area contributed by atoms with E-state index in [0.717, 1.165) is 13.0 Å². The fourth-order valence-corrected chi connectivity index (χ4v) is 1.83. The van der Waals surface area contributed by atoms with Gasteiger partial charge in [0.2, 0.25) is 5.91 Å². The van der Waals surface area contributed by atoms with Crippen LogP contribution in [0.4, 0.5) is 0 Å². The quantitative estimate of drug-likeness (QED) is 0.645. The molecular formula is C8H14ClNO2. The number of hydrogen-bond donors (Lipinski definition) is 1. The average Bonchev–Trinajstić information content (AvgIpc) is 2.45. The predicted octanol–water partition coefficient (Wildman–Crippen LogP) is 0.454. The van der Waals surface area contributed by atoms with Crippen molar-refractivity contribution in [3.8, 4) is 0 Å². The topological polar surface area (TPSA) is 40.5 Å². The van der Waals surface area contributed by atoms with Crippen LogP contribution in [-0.2, 0) is 4.79 Å². The maximum atomic E-state index is 11.2. The van der Waals surface area contributed by atoms with Crippen molar-refractivity contribution in [2.45, 2.75) is 19.4 Å². The standard InChI is InChI=1S/C8H14ClNO2/c1-6-2-3-10(7(6)5-11)8(12)4-9/h6-7,11H,2-5H2,1H3. The highest BCUT2D eigenvalue weighted by atomic mass is 35.5. The van der Waals surface area contributed by atoms with Gasteiger partial charge in [-0.2, -0.15) is 0 Å². The predicted molar refractivity (Wildman–Crippen MR) is 47.1 cm³/mol. The molecule has 4 heteroatoms. The molecule has 0 spiro atoms. The largest absolute Gasteiger partial charge is 0.394 e. The Morgan fingerprint density at radius 3 is 2.92 bits per heavy atom. The van der Waals surface area contributed by atoms with Crippen molar-refractivity contribution >= 4 is 17.5 Å². The summed E-state index contributed by atoms with van der Waals surface area (Å²) in [4.78, 5) is 12.9. The minimum Gasteiger partial charge on any atom is -0.394 e. The summed E-state index contributed by atoms with van der Waals surface area (Å²) in [5.74, 6) is 0.339. The highest BCUT2D eigenvalue weighted by Gasteiger charge is 2.32. The molecule has 0 bridgehead atoms. The third-order valence-electron chi connectivity index (χ3n) is 2.50. The van der Waals surface area contributed by atoms with Crippen LogP contribution in [0.2, 0.25) is 0 Å². The number of likely N-dealkylation sites (tertiary alicyclic amines) is 1. The molecule has 2 atom stereocenters. The number of aliphatic hydroxyl groups excluding tert-OH is 1. The Bertz CT molecular complexity index is 174.